The third-order valence-corrected chi connectivity index (χ3v) is 3.91. The van der Waals surface area contributed by atoms with Gasteiger partial charge >= 0.3 is 0 Å². The van der Waals surface area contributed by atoms with E-state index < -0.39 is 0 Å². The van der Waals surface area contributed by atoms with E-state index in [9.17, 15) is 4.39 Å². The molecule has 1 aliphatic carbocycles. The van der Waals surface area contributed by atoms with E-state index in [1.54, 1.807) is 12.1 Å². The fourth-order valence-electron chi connectivity index (χ4n) is 2.73. The first kappa shape index (κ1) is 13.3. The molecule has 1 fully saturated rings. The van der Waals surface area contributed by atoms with E-state index in [-0.39, 0.29) is 5.82 Å². The van der Waals surface area contributed by atoms with Crippen molar-refractivity contribution in [1.29, 1.82) is 0 Å². The summed E-state index contributed by atoms with van der Waals surface area (Å²) in [5, 5.41) is 3.44. The molecule has 0 atom stereocenters. The second-order valence-electron chi connectivity index (χ2n) is 5.59. The molecule has 2 rings (SSSR count). The van der Waals surface area contributed by atoms with Crippen LogP contribution in [-0.2, 0) is 6.54 Å². The van der Waals surface area contributed by atoms with E-state index in [0.717, 1.165) is 18.7 Å². The van der Waals surface area contributed by atoms with Gasteiger partial charge in [0.2, 0.25) is 0 Å². The molecule has 0 heterocycles. The van der Waals surface area contributed by atoms with Crippen LogP contribution in [0.1, 0.15) is 38.2 Å². The van der Waals surface area contributed by atoms with Gasteiger partial charge in [0.05, 0.1) is 7.11 Å². The summed E-state index contributed by atoms with van der Waals surface area (Å²) in [5.41, 5.74) is 1.40. The van der Waals surface area contributed by atoms with Crippen LogP contribution in [0.15, 0.2) is 18.2 Å². The third kappa shape index (κ3) is 3.22. The van der Waals surface area contributed by atoms with Gasteiger partial charge in [-0.2, -0.15) is 0 Å². The average Bonchev–Trinajstić information content (AvgIpc) is 2.77. The lowest BCUT2D eigenvalue weighted by atomic mass is 9.89. The molecular weight excluding hydrogens is 229 g/mol. The molecule has 0 unspecified atom stereocenters. The highest BCUT2D eigenvalue weighted by molar-refractivity contribution is 5.29. The van der Waals surface area contributed by atoms with Crippen LogP contribution < -0.4 is 10.1 Å². The van der Waals surface area contributed by atoms with E-state index in [2.05, 4.69) is 12.2 Å². The lowest BCUT2D eigenvalue weighted by molar-refractivity contribution is 0.314. The molecule has 0 spiro atoms. The Morgan fingerprint density at radius 2 is 2.06 bits per heavy atom. The second kappa shape index (κ2) is 5.70. The summed E-state index contributed by atoms with van der Waals surface area (Å²) in [5.74, 6) is 0.0189. The zero-order valence-corrected chi connectivity index (χ0v) is 11.3. The topological polar surface area (TPSA) is 21.3 Å². The highest BCUT2D eigenvalue weighted by atomic mass is 19.1. The minimum Gasteiger partial charge on any atom is -0.494 e. The molecule has 100 valence electrons. The van der Waals surface area contributed by atoms with Gasteiger partial charge in [-0.3, -0.25) is 0 Å². The van der Waals surface area contributed by atoms with E-state index in [1.807, 2.05) is 6.07 Å². The number of rotatable bonds is 5. The summed E-state index contributed by atoms with van der Waals surface area (Å²) >= 11 is 0. The fourth-order valence-corrected chi connectivity index (χ4v) is 2.73. The Morgan fingerprint density at radius 3 is 2.67 bits per heavy atom. The summed E-state index contributed by atoms with van der Waals surface area (Å²) in [6.45, 7) is 4.07. The monoisotopic (exact) mass is 251 g/mol. The minimum absolute atomic E-state index is 0.288. The van der Waals surface area contributed by atoms with Crippen molar-refractivity contribution in [3.63, 3.8) is 0 Å². The molecule has 0 aromatic heterocycles. The number of methoxy groups -OCH3 is 1. The summed E-state index contributed by atoms with van der Waals surface area (Å²) in [4.78, 5) is 0. The van der Waals surface area contributed by atoms with Crippen LogP contribution in [-0.4, -0.2) is 13.7 Å². The largest absolute Gasteiger partial charge is 0.494 e. The molecule has 3 heteroatoms. The van der Waals surface area contributed by atoms with Crippen LogP contribution in [0, 0.1) is 11.2 Å². The highest BCUT2D eigenvalue weighted by Gasteiger charge is 2.27. The van der Waals surface area contributed by atoms with Crippen LogP contribution >= 0.6 is 0 Å². The Balaban J connectivity index is 1.85. The number of hydrogen-bond donors (Lipinski definition) is 1. The number of nitrogens with one attached hydrogen (secondary N) is 1. The average molecular weight is 251 g/mol. The van der Waals surface area contributed by atoms with Crippen molar-refractivity contribution in [2.45, 2.75) is 39.2 Å². The molecule has 0 radical (unpaired) electrons. The first-order valence-corrected chi connectivity index (χ1v) is 6.66. The molecule has 1 N–H and O–H groups in total. The summed E-state index contributed by atoms with van der Waals surface area (Å²) < 4.78 is 18.4. The first-order valence-electron chi connectivity index (χ1n) is 6.66. The van der Waals surface area contributed by atoms with E-state index in [4.69, 9.17) is 4.74 Å². The van der Waals surface area contributed by atoms with Crippen molar-refractivity contribution in [2.75, 3.05) is 13.7 Å². The van der Waals surface area contributed by atoms with Crippen LogP contribution in [0.25, 0.3) is 0 Å². The van der Waals surface area contributed by atoms with E-state index in [1.165, 1.54) is 32.8 Å². The number of ether oxygens (including phenoxy) is 1. The SMILES string of the molecule is COc1ccc(CNCC2(C)CCCC2)cc1F. The van der Waals surface area contributed by atoms with Crippen molar-refractivity contribution < 1.29 is 9.13 Å². The number of benzene rings is 1. The smallest absolute Gasteiger partial charge is 0.165 e. The first-order chi connectivity index (χ1) is 8.63. The standard InChI is InChI=1S/C15H22FNO/c1-15(7-3-4-8-15)11-17-10-12-5-6-14(18-2)13(16)9-12/h5-6,9,17H,3-4,7-8,10-11H2,1-2H3. The van der Waals surface area contributed by atoms with Gasteiger partial charge in [-0.15, -0.1) is 0 Å². The van der Waals surface area contributed by atoms with Crippen molar-refractivity contribution in [2.24, 2.45) is 5.41 Å². The van der Waals surface area contributed by atoms with Crippen LogP contribution in [0.5, 0.6) is 5.75 Å². The maximum atomic E-state index is 13.5. The van der Waals surface area contributed by atoms with Gasteiger partial charge in [0.1, 0.15) is 0 Å². The predicted molar refractivity (Wildman–Crippen MR) is 71.2 cm³/mol. The lowest BCUT2D eigenvalue weighted by Crippen LogP contribution is -2.29. The molecular formula is C15H22FNO. The van der Waals surface area contributed by atoms with Gasteiger partial charge < -0.3 is 10.1 Å². The van der Waals surface area contributed by atoms with Gasteiger partial charge in [0.25, 0.3) is 0 Å². The molecule has 1 aliphatic rings. The zero-order chi connectivity index (χ0) is 13.0. The van der Waals surface area contributed by atoms with Gasteiger partial charge in [-0.1, -0.05) is 25.8 Å². The van der Waals surface area contributed by atoms with Gasteiger partial charge in [-0.25, -0.2) is 4.39 Å². The van der Waals surface area contributed by atoms with Crippen LogP contribution in [0.4, 0.5) is 4.39 Å². The van der Waals surface area contributed by atoms with E-state index in [0.29, 0.717) is 11.2 Å². The Kier molecular flexibility index (Phi) is 4.23. The van der Waals surface area contributed by atoms with Crippen molar-refractivity contribution in [3.8, 4) is 5.75 Å². The van der Waals surface area contributed by atoms with E-state index >= 15 is 0 Å². The third-order valence-electron chi connectivity index (χ3n) is 3.91. The fraction of sp³-hybridized carbons (Fsp3) is 0.600. The molecule has 1 aromatic carbocycles. The summed E-state index contributed by atoms with van der Waals surface area (Å²) in [6, 6.07) is 5.14. The van der Waals surface area contributed by atoms with Crippen molar-refractivity contribution >= 4 is 0 Å². The highest BCUT2D eigenvalue weighted by Crippen LogP contribution is 2.36. The summed E-state index contributed by atoms with van der Waals surface area (Å²) in [7, 11) is 1.48. The molecule has 0 aliphatic heterocycles. The van der Waals surface area contributed by atoms with Gasteiger partial charge in [0, 0.05) is 13.1 Å². The van der Waals surface area contributed by atoms with Crippen molar-refractivity contribution in [1.82, 2.24) is 5.32 Å². The maximum absolute atomic E-state index is 13.5. The predicted octanol–water partition coefficient (Wildman–Crippen LogP) is 3.50. The molecule has 2 nitrogen and oxygen atoms in total. The molecule has 0 saturated heterocycles. The normalized spacial score (nSPS) is 17.9. The summed E-state index contributed by atoms with van der Waals surface area (Å²) in [6.07, 6.45) is 5.29. The quantitative estimate of drug-likeness (QED) is 0.864. The Bertz CT molecular complexity index is 399. The minimum atomic E-state index is -0.288. The Hall–Kier alpha value is -1.09. The zero-order valence-electron chi connectivity index (χ0n) is 11.3. The number of hydrogen-bond acceptors (Lipinski definition) is 2. The Morgan fingerprint density at radius 1 is 1.33 bits per heavy atom. The molecule has 1 saturated carbocycles. The lowest BCUT2D eigenvalue weighted by Gasteiger charge is -2.23. The second-order valence-corrected chi connectivity index (χ2v) is 5.59. The van der Waals surface area contributed by atoms with Crippen LogP contribution in [0.3, 0.4) is 0 Å². The molecule has 18 heavy (non-hydrogen) atoms. The molecule has 1 aromatic rings. The molecule has 0 bridgehead atoms. The van der Waals surface area contributed by atoms with Gasteiger partial charge in [0.15, 0.2) is 11.6 Å². The number of halogens is 1. The Labute approximate surface area is 109 Å². The maximum Gasteiger partial charge on any atom is 0.165 e. The van der Waals surface area contributed by atoms with Crippen molar-refractivity contribution in [3.05, 3.63) is 29.6 Å². The van der Waals surface area contributed by atoms with Crippen LogP contribution in [0.2, 0.25) is 0 Å². The van der Waals surface area contributed by atoms with Gasteiger partial charge in [-0.05, 0) is 36.0 Å². The molecule has 0 amide bonds.